The number of anilines is 1. The maximum Gasteiger partial charge on any atom is 0.341 e. The van der Waals surface area contributed by atoms with Crippen LogP contribution in [0.25, 0.3) is 11.1 Å². The molecule has 3 heterocycles. The molecule has 182 valence electrons. The van der Waals surface area contributed by atoms with Gasteiger partial charge in [0.15, 0.2) is 0 Å². The van der Waals surface area contributed by atoms with Crippen LogP contribution >= 0.6 is 11.3 Å². The number of nitrogens with one attached hydrogen (secondary N) is 2. The second-order valence-corrected chi connectivity index (χ2v) is 9.20. The van der Waals surface area contributed by atoms with Gasteiger partial charge in [-0.05, 0) is 12.5 Å². The van der Waals surface area contributed by atoms with Gasteiger partial charge in [-0.1, -0.05) is 30.3 Å². The second-order valence-electron chi connectivity index (χ2n) is 8.32. The van der Waals surface area contributed by atoms with Crippen LogP contribution in [0.15, 0.2) is 35.7 Å². The summed E-state index contributed by atoms with van der Waals surface area (Å²) >= 11 is 1.34. The molecule has 0 spiro atoms. The molecule has 0 atom stereocenters. The van der Waals surface area contributed by atoms with Gasteiger partial charge < -0.3 is 20.3 Å². The Bertz CT molecular complexity index is 1000. The Hall–Kier alpha value is -2.95. The third-order valence-corrected chi connectivity index (χ3v) is 6.97. The number of esters is 1. The summed E-state index contributed by atoms with van der Waals surface area (Å²) in [5.41, 5.74) is 2.08. The number of carbonyl (C=O) groups is 3. The smallest absolute Gasteiger partial charge is 0.341 e. The Morgan fingerprint density at radius 2 is 1.79 bits per heavy atom. The first-order valence-electron chi connectivity index (χ1n) is 11.7. The first-order valence-corrected chi connectivity index (χ1v) is 12.5. The van der Waals surface area contributed by atoms with Gasteiger partial charge in [0.25, 0.3) is 0 Å². The van der Waals surface area contributed by atoms with Gasteiger partial charge in [-0.15, -0.1) is 11.3 Å². The molecule has 2 N–H and O–H groups in total. The summed E-state index contributed by atoms with van der Waals surface area (Å²) in [6, 6.07) is 9.64. The average molecular weight is 486 g/mol. The zero-order valence-corrected chi connectivity index (χ0v) is 20.2. The van der Waals surface area contributed by atoms with E-state index in [2.05, 4.69) is 20.4 Å². The van der Waals surface area contributed by atoms with Gasteiger partial charge in [-0.3, -0.25) is 14.6 Å². The standard InChI is InChI=1S/C24H31N5O4S/c1-2-33-23(31)21-19(18-6-4-3-5-7-18)17-34-22(21)26-20(30)16-28-12-10-27(11-13-28)14-15-29-9-8-25-24(29)32/h3-7,17H,2,8-16H2,1H3,(H,25,32)(H,26,30). The van der Waals surface area contributed by atoms with E-state index in [1.807, 2.05) is 40.6 Å². The van der Waals surface area contributed by atoms with Crippen LogP contribution < -0.4 is 10.6 Å². The lowest BCUT2D eigenvalue weighted by atomic mass is 10.0. The molecule has 3 amide bonds. The van der Waals surface area contributed by atoms with Crippen LogP contribution in [0.2, 0.25) is 0 Å². The Balaban J connectivity index is 1.31. The van der Waals surface area contributed by atoms with Crippen molar-refractivity contribution in [3.63, 3.8) is 0 Å². The maximum absolute atomic E-state index is 12.8. The fourth-order valence-corrected chi connectivity index (χ4v) is 5.19. The Morgan fingerprint density at radius 1 is 1.06 bits per heavy atom. The summed E-state index contributed by atoms with van der Waals surface area (Å²) in [6.07, 6.45) is 0. The summed E-state index contributed by atoms with van der Waals surface area (Å²) in [6.45, 7) is 8.63. The number of ether oxygens (including phenoxy) is 1. The zero-order valence-electron chi connectivity index (χ0n) is 19.4. The van der Waals surface area contributed by atoms with E-state index in [1.54, 1.807) is 6.92 Å². The van der Waals surface area contributed by atoms with Gasteiger partial charge in [0, 0.05) is 63.3 Å². The average Bonchev–Trinajstić information content (AvgIpc) is 3.45. The van der Waals surface area contributed by atoms with Crippen molar-refractivity contribution in [3.05, 3.63) is 41.3 Å². The maximum atomic E-state index is 12.8. The van der Waals surface area contributed by atoms with Crippen molar-refractivity contribution < 1.29 is 19.1 Å². The van der Waals surface area contributed by atoms with Crippen molar-refractivity contribution in [2.45, 2.75) is 6.92 Å². The first kappa shape index (κ1) is 24.2. The van der Waals surface area contributed by atoms with Crippen molar-refractivity contribution in [2.75, 3.05) is 70.8 Å². The van der Waals surface area contributed by atoms with Gasteiger partial charge in [-0.2, -0.15) is 0 Å². The molecule has 0 unspecified atom stereocenters. The molecule has 2 saturated heterocycles. The summed E-state index contributed by atoms with van der Waals surface area (Å²) in [7, 11) is 0. The molecular weight excluding hydrogens is 454 g/mol. The number of urea groups is 1. The molecule has 0 saturated carbocycles. The summed E-state index contributed by atoms with van der Waals surface area (Å²) in [5.74, 6) is -0.576. The van der Waals surface area contributed by atoms with Crippen LogP contribution in [-0.4, -0.2) is 98.1 Å². The van der Waals surface area contributed by atoms with Crippen molar-refractivity contribution in [1.82, 2.24) is 20.0 Å². The lowest BCUT2D eigenvalue weighted by Crippen LogP contribution is -2.50. The monoisotopic (exact) mass is 485 g/mol. The Kier molecular flexibility index (Phi) is 8.15. The normalized spacial score (nSPS) is 17.0. The number of piperazine rings is 1. The molecular formula is C24H31N5O4S. The highest BCUT2D eigenvalue weighted by molar-refractivity contribution is 7.15. The number of amides is 3. The van der Waals surface area contributed by atoms with Crippen molar-refractivity contribution in [2.24, 2.45) is 0 Å². The summed E-state index contributed by atoms with van der Waals surface area (Å²) < 4.78 is 5.27. The molecule has 0 radical (unpaired) electrons. The fraction of sp³-hybridized carbons (Fsp3) is 0.458. The van der Waals surface area contributed by atoms with Gasteiger partial charge in [0.1, 0.15) is 10.6 Å². The molecule has 1 aromatic carbocycles. The number of benzene rings is 1. The number of thiophene rings is 1. The van der Waals surface area contributed by atoms with E-state index in [4.69, 9.17) is 4.74 Å². The number of hydrogen-bond acceptors (Lipinski definition) is 7. The van der Waals surface area contributed by atoms with E-state index in [9.17, 15) is 14.4 Å². The fourth-order valence-electron chi connectivity index (χ4n) is 4.21. The number of rotatable bonds is 9. The van der Waals surface area contributed by atoms with E-state index >= 15 is 0 Å². The minimum absolute atomic E-state index is 0.0153. The summed E-state index contributed by atoms with van der Waals surface area (Å²) in [4.78, 5) is 43.5. The highest BCUT2D eigenvalue weighted by Gasteiger charge is 2.25. The SMILES string of the molecule is CCOC(=O)c1c(-c2ccccc2)csc1NC(=O)CN1CCN(CCN2CCNC2=O)CC1. The highest BCUT2D eigenvalue weighted by Crippen LogP contribution is 2.36. The van der Waals surface area contributed by atoms with Crippen molar-refractivity contribution >= 4 is 34.2 Å². The van der Waals surface area contributed by atoms with E-state index in [0.717, 1.165) is 63.5 Å². The van der Waals surface area contributed by atoms with Gasteiger partial charge in [0.05, 0.1) is 13.2 Å². The van der Waals surface area contributed by atoms with Crippen LogP contribution in [0, 0.1) is 0 Å². The molecule has 1 aromatic heterocycles. The van der Waals surface area contributed by atoms with Gasteiger partial charge in [-0.25, -0.2) is 9.59 Å². The van der Waals surface area contributed by atoms with E-state index in [-0.39, 0.29) is 25.1 Å². The number of nitrogens with zero attached hydrogens (tertiary/aromatic N) is 3. The first-order chi connectivity index (χ1) is 16.5. The predicted octanol–water partition coefficient (Wildman–Crippen LogP) is 2.17. The molecule has 2 fully saturated rings. The third-order valence-electron chi connectivity index (χ3n) is 6.07. The minimum atomic E-state index is -0.432. The minimum Gasteiger partial charge on any atom is -0.462 e. The largest absolute Gasteiger partial charge is 0.462 e. The quantitative estimate of drug-likeness (QED) is 0.529. The van der Waals surface area contributed by atoms with E-state index in [0.29, 0.717) is 10.6 Å². The Labute approximate surface area is 203 Å². The Morgan fingerprint density at radius 3 is 2.47 bits per heavy atom. The van der Waals surface area contributed by atoms with Crippen molar-refractivity contribution in [3.8, 4) is 11.1 Å². The molecule has 4 rings (SSSR count). The molecule has 2 aliphatic heterocycles. The molecule has 10 heteroatoms. The van der Waals surface area contributed by atoms with Crippen LogP contribution in [0.5, 0.6) is 0 Å². The third kappa shape index (κ3) is 5.94. The van der Waals surface area contributed by atoms with Crippen LogP contribution in [-0.2, 0) is 9.53 Å². The molecule has 0 bridgehead atoms. The number of carbonyl (C=O) groups excluding carboxylic acids is 3. The molecule has 2 aliphatic rings. The number of hydrogen-bond donors (Lipinski definition) is 2. The second kappa shape index (κ2) is 11.5. The van der Waals surface area contributed by atoms with E-state index in [1.165, 1.54) is 11.3 Å². The highest BCUT2D eigenvalue weighted by atomic mass is 32.1. The lowest BCUT2D eigenvalue weighted by Gasteiger charge is -2.34. The molecule has 0 aliphatic carbocycles. The van der Waals surface area contributed by atoms with Crippen LogP contribution in [0.3, 0.4) is 0 Å². The molecule has 9 nitrogen and oxygen atoms in total. The molecule has 2 aromatic rings. The summed E-state index contributed by atoms with van der Waals surface area (Å²) in [5, 5.41) is 8.16. The van der Waals surface area contributed by atoms with Gasteiger partial charge >= 0.3 is 12.0 Å². The van der Waals surface area contributed by atoms with Crippen LogP contribution in [0.1, 0.15) is 17.3 Å². The topological polar surface area (TPSA) is 94.2 Å². The van der Waals surface area contributed by atoms with Gasteiger partial charge in [0.2, 0.25) is 5.91 Å². The van der Waals surface area contributed by atoms with Crippen molar-refractivity contribution in [1.29, 1.82) is 0 Å². The lowest BCUT2D eigenvalue weighted by molar-refractivity contribution is -0.117. The predicted molar refractivity (Wildman–Crippen MR) is 132 cm³/mol. The molecule has 34 heavy (non-hydrogen) atoms. The van der Waals surface area contributed by atoms with E-state index < -0.39 is 5.97 Å². The zero-order chi connectivity index (χ0) is 23.9. The van der Waals surface area contributed by atoms with Crippen LogP contribution in [0.4, 0.5) is 9.80 Å².